The number of unbranched alkanes of at least 4 members (excludes halogenated alkanes) is 6. The number of nitrogens with zero attached hydrogens (tertiary/aromatic N) is 1. The fraction of sp³-hybridized carbons (Fsp3) is 0.733. The van der Waals surface area contributed by atoms with Crippen molar-refractivity contribution in [3.05, 3.63) is 11.3 Å². The van der Waals surface area contributed by atoms with Crippen molar-refractivity contribution in [2.75, 3.05) is 6.54 Å². The number of hydrogen-bond donors (Lipinski definition) is 2. The van der Waals surface area contributed by atoms with E-state index in [1.54, 1.807) is 4.31 Å². The van der Waals surface area contributed by atoms with Gasteiger partial charge in [0.25, 0.3) is 11.8 Å². The Balaban J connectivity index is 2.41. The maximum atomic E-state index is 11.8. The standard InChI is InChI=1S/C15H26N2O2S/c1-3-5-6-7-8-9-10-11-12-13(17(20)4-2)15(19)16-14(12)18/h20H,3-11H2,1-2H3,(H,16,18,19). The van der Waals surface area contributed by atoms with Crippen LogP contribution < -0.4 is 5.32 Å². The van der Waals surface area contributed by atoms with Gasteiger partial charge in [-0.05, 0) is 19.8 Å². The number of likely N-dealkylation sites (N-methyl/N-ethyl adjacent to an activating group) is 1. The average Bonchev–Trinajstić information content (AvgIpc) is 2.71. The molecule has 0 radical (unpaired) electrons. The first-order chi connectivity index (χ1) is 9.61. The highest BCUT2D eigenvalue weighted by Crippen LogP contribution is 2.23. The average molecular weight is 298 g/mol. The van der Waals surface area contributed by atoms with Crippen LogP contribution in [0.3, 0.4) is 0 Å². The van der Waals surface area contributed by atoms with E-state index in [4.69, 9.17) is 0 Å². The van der Waals surface area contributed by atoms with Gasteiger partial charge < -0.3 is 4.31 Å². The molecule has 1 heterocycles. The Bertz CT molecular complexity index is 380. The van der Waals surface area contributed by atoms with Crippen molar-refractivity contribution in [3.8, 4) is 0 Å². The number of amides is 2. The molecule has 0 atom stereocenters. The van der Waals surface area contributed by atoms with Crippen LogP contribution in [0.15, 0.2) is 11.3 Å². The summed E-state index contributed by atoms with van der Waals surface area (Å²) in [6, 6.07) is 0. The fourth-order valence-corrected chi connectivity index (χ4v) is 2.62. The van der Waals surface area contributed by atoms with Crippen LogP contribution in [0.25, 0.3) is 0 Å². The number of hydrogen-bond acceptors (Lipinski definition) is 4. The highest BCUT2D eigenvalue weighted by molar-refractivity contribution is 7.77. The van der Waals surface area contributed by atoms with Gasteiger partial charge in [-0.3, -0.25) is 14.9 Å². The second-order valence-corrected chi connectivity index (χ2v) is 5.68. The Kier molecular flexibility index (Phi) is 7.73. The fourth-order valence-electron chi connectivity index (χ4n) is 2.40. The van der Waals surface area contributed by atoms with Crippen LogP contribution in [-0.4, -0.2) is 22.7 Å². The Labute approximate surface area is 127 Å². The van der Waals surface area contributed by atoms with Gasteiger partial charge in [0.15, 0.2) is 0 Å². The van der Waals surface area contributed by atoms with Crippen LogP contribution in [0.4, 0.5) is 0 Å². The smallest absolute Gasteiger partial charge is 0.275 e. The quantitative estimate of drug-likeness (QED) is 0.370. The Hall–Kier alpha value is -0.970. The normalized spacial score (nSPS) is 14.9. The second kappa shape index (κ2) is 9.06. The molecule has 1 rings (SSSR count). The van der Waals surface area contributed by atoms with Crippen molar-refractivity contribution in [1.82, 2.24) is 9.62 Å². The van der Waals surface area contributed by atoms with Crippen LogP contribution >= 0.6 is 12.8 Å². The van der Waals surface area contributed by atoms with Crippen LogP contribution in [0.1, 0.15) is 65.2 Å². The predicted octanol–water partition coefficient (Wildman–Crippen LogP) is 3.20. The molecule has 114 valence electrons. The first-order valence-electron chi connectivity index (χ1n) is 7.67. The van der Waals surface area contributed by atoms with Crippen LogP contribution in [0.5, 0.6) is 0 Å². The van der Waals surface area contributed by atoms with Crippen molar-refractivity contribution >= 4 is 24.6 Å². The van der Waals surface area contributed by atoms with E-state index in [9.17, 15) is 9.59 Å². The lowest BCUT2D eigenvalue weighted by atomic mass is 10.0. The van der Waals surface area contributed by atoms with Gasteiger partial charge in [0, 0.05) is 12.1 Å². The third kappa shape index (κ3) is 4.85. The summed E-state index contributed by atoms with van der Waals surface area (Å²) in [6.07, 6.45) is 9.05. The summed E-state index contributed by atoms with van der Waals surface area (Å²) in [7, 11) is 0. The monoisotopic (exact) mass is 298 g/mol. The van der Waals surface area contributed by atoms with Gasteiger partial charge in [-0.25, -0.2) is 0 Å². The topological polar surface area (TPSA) is 49.4 Å². The van der Waals surface area contributed by atoms with E-state index >= 15 is 0 Å². The van der Waals surface area contributed by atoms with Crippen LogP contribution in [-0.2, 0) is 9.59 Å². The first kappa shape index (κ1) is 17.1. The zero-order valence-electron chi connectivity index (χ0n) is 12.6. The minimum absolute atomic E-state index is 0.247. The highest BCUT2D eigenvalue weighted by Gasteiger charge is 2.31. The summed E-state index contributed by atoms with van der Waals surface area (Å²) >= 11 is 4.25. The van der Waals surface area contributed by atoms with E-state index < -0.39 is 0 Å². The van der Waals surface area contributed by atoms with E-state index in [-0.39, 0.29) is 11.8 Å². The molecule has 0 spiro atoms. The molecule has 5 heteroatoms. The molecular weight excluding hydrogens is 272 g/mol. The van der Waals surface area contributed by atoms with Crippen LogP contribution in [0.2, 0.25) is 0 Å². The molecule has 0 aliphatic carbocycles. The lowest BCUT2D eigenvalue weighted by Gasteiger charge is -2.15. The van der Waals surface area contributed by atoms with Crippen molar-refractivity contribution in [3.63, 3.8) is 0 Å². The summed E-state index contributed by atoms with van der Waals surface area (Å²) in [5, 5.41) is 2.36. The third-order valence-electron chi connectivity index (χ3n) is 3.59. The molecule has 1 N–H and O–H groups in total. The molecule has 1 aliphatic rings. The van der Waals surface area contributed by atoms with E-state index in [1.807, 2.05) is 6.92 Å². The van der Waals surface area contributed by atoms with Crippen molar-refractivity contribution in [2.24, 2.45) is 0 Å². The van der Waals surface area contributed by atoms with Gasteiger partial charge in [-0.15, -0.1) is 0 Å². The molecule has 0 unspecified atom stereocenters. The highest BCUT2D eigenvalue weighted by atomic mass is 32.1. The lowest BCUT2D eigenvalue weighted by Crippen LogP contribution is -2.26. The van der Waals surface area contributed by atoms with Gasteiger partial charge >= 0.3 is 0 Å². The first-order valence-corrected chi connectivity index (χ1v) is 8.07. The van der Waals surface area contributed by atoms with Crippen molar-refractivity contribution in [2.45, 2.75) is 65.2 Å². The minimum atomic E-state index is -0.315. The van der Waals surface area contributed by atoms with Crippen LogP contribution in [0, 0.1) is 0 Å². The number of nitrogens with one attached hydrogen (secondary N) is 1. The number of thiol groups is 1. The number of rotatable bonds is 10. The summed E-state index contributed by atoms with van der Waals surface area (Å²) in [4.78, 5) is 23.5. The SMILES string of the molecule is CCCCCCCCCC1=C(N(S)CC)C(=O)NC1=O. The number of imide groups is 1. The van der Waals surface area contributed by atoms with Gasteiger partial charge in [0.05, 0.1) is 0 Å². The number of carbonyl (C=O) groups excluding carboxylic acids is 2. The van der Waals surface area contributed by atoms with E-state index in [1.165, 1.54) is 32.1 Å². The molecule has 4 nitrogen and oxygen atoms in total. The maximum absolute atomic E-state index is 11.8. The summed E-state index contributed by atoms with van der Waals surface area (Å²) in [5.74, 6) is -0.562. The molecule has 0 saturated carbocycles. The van der Waals surface area contributed by atoms with E-state index in [2.05, 4.69) is 25.1 Å². The predicted molar refractivity (Wildman–Crippen MR) is 84.2 cm³/mol. The van der Waals surface area contributed by atoms with Gasteiger partial charge in [0.1, 0.15) is 5.70 Å². The molecule has 0 aromatic carbocycles. The molecule has 0 fully saturated rings. The van der Waals surface area contributed by atoms with Crippen molar-refractivity contribution < 1.29 is 9.59 Å². The van der Waals surface area contributed by atoms with Gasteiger partial charge in [-0.2, -0.15) is 0 Å². The van der Waals surface area contributed by atoms with Gasteiger partial charge in [-0.1, -0.05) is 58.3 Å². The zero-order chi connectivity index (χ0) is 15.0. The molecule has 0 aromatic rings. The lowest BCUT2D eigenvalue weighted by molar-refractivity contribution is -0.124. The Morgan fingerprint density at radius 1 is 0.950 bits per heavy atom. The Morgan fingerprint density at radius 3 is 2.15 bits per heavy atom. The second-order valence-electron chi connectivity index (χ2n) is 5.20. The van der Waals surface area contributed by atoms with Gasteiger partial charge in [0.2, 0.25) is 0 Å². The molecule has 0 bridgehead atoms. The molecule has 1 aliphatic heterocycles. The zero-order valence-corrected chi connectivity index (χ0v) is 13.5. The minimum Gasteiger partial charge on any atom is -0.314 e. The Morgan fingerprint density at radius 2 is 1.55 bits per heavy atom. The van der Waals surface area contributed by atoms with E-state index in [0.29, 0.717) is 24.2 Å². The van der Waals surface area contributed by atoms with Crippen molar-refractivity contribution in [1.29, 1.82) is 0 Å². The number of carbonyl (C=O) groups is 2. The third-order valence-corrected chi connectivity index (χ3v) is 4.07. The molecular formula is C15H26N2O2S. The largest absolute Gasteiger partial charge is 0.314 e. The molecule has 20 heavy (non-hydrogen) atoms. The summed E-state index contributed by atoms with van der Waals surface area (Å²) in [5.41, 5.74) is 1.03. The summed E-state index contributed by atoms with van der Waals surface area (Å²) in [6.45, 7) is 4.71. The summed E-state index contributed by atoms with van der Waals surface area (Å²) < 4.78 is 1.55. The molecule has 0 saturated heterocycles. The molecule has 2 amide bonds. The maximum Gasteiger partial charge on any atom is 0.275 e. The molecule has 0 aromatic heterocycles. The van der Waals surface area contributed by atoms with E-state index in [0.717, 1.165) is 12.8 Å².